The Hall–Kier alpha value is -3.55. The van der Waals surface area contributed by atoms with Gasteiger partial charge in [-0.3, -0.25) is 4.79 Å². The zero-order valence-electron chi connectivity index (χ0n) is 22.2. The Morgan fingerprint density at radius 1 is 1.23 bits per heavy atom. The second kappa shape index (κ2) is 12.7. The summed E-state index contributed by atoms with van der Waals surface area (Å²) in [6, 6.07) is 5.49. The van der Waals surface area contributed by atoms with E-state index in [2.05, 4.69) is 25.3 Å². The number of aliphatic hydroxyl groups is 1. The molecule has 1 heterocycles. The third kappa shape index (κ3) is 7.55. The minimum atomic E-state index is -1.35. The molecule has 1 amide bonds. The van der Waals surface area contributed by atoms with Crippen molar-refractivity contribution in [1.82, 2.24) is 20.3 Å². The quantitative estimate of drug-likeness (QED) is 0.0863. The van der Waals surface area contributed by atoms with E-state index in [1.807, 2.05) is 0 Å². The molecule has 12 nitrogen and oxygen atoms in total. The number of nitrogens with zero attached hydrogens (tertiary/aromatic N) is 4. The van der Waals surface area contributed by atoms with Gasteiger partial charge in [-0.25, -0.2) is 20.8 Å². The van der Waals surface area contributed by atoms with Crippen LogP contribution in [-0.4, -0.2) is 57.4 Å². The SMILES string of the molecule is COc1cc2nc(C(CNC(=O)c3c(Cl)cc(N=CN=C(C)N)cc3Cl)N(N)/C=C(\N)C(C)(C)O)[nH]c2cc1Cl. The van der Waals surface area contributed by atoms with Gasteiger partial charge in [-0.15, -0.1) is 0 Å². The van der Waals surface area contributed by atoms with Crippen molar-refractivity contribution in [1.29, 1.82) is 0 Å². The molecular formula is C25H30Cl3N9O3. The third-order valence-electron chi connectivity index (χ3n) is 5.62. The van der Waals surface area contributed by atoms with Crippen LogP contribution in [0, 0.1) is 0 Å². The first-order valence-electron chi connectivity index (χ1n) is 11.8. The van der Waals surface area contributed by atoms with Crippen LogP contribution in [0.2, 0.25) is 15.1 Å². The molecule has 40 heavy (non-hydrogen) atoms. The van der Waals surface area contributed by atoms with Crippen LogP contribution in [-0.2, 0) is 0 Å². The molecule has 0 aliphatic heterocycles. The summed E-state index contributed by atoms with van der Waals surface area (Å²) in [5, 5.41) is 14.8. The van der Waals surface area contributed by atoms with Crippen LogP contribution in [0.3, 0.4) is 0 Å². The van der Waals surface area contributed by atoms with Gasteiger partial charge < -0.3 is 36.6 Å². The van der Waals surface area contributed by atoms with Crippen molar-refractivity contribution in [2.45, 2.75) is 32.4 Å². The maximum absolute atomic E-state index is 13.2. The number of aliphatic imine (C=N–C) groups is 2. The number of ether oxygens (including phenoxy) is 1. The van der Waals surface area contributed by atoms with Crippen molar-refractivity contribution >= 4 is 69.6 Å². The number of aromatic nitrogens is 2. The first-order chi connectivity index (χ1) is 18.7. The van der Waals surface area contributed by atoms with Gasteiger partial charge in [0.25, 0.3) is 5.91 Å². The molecule has 0 fully saturated rings. The number of carbonyl (C=O) groups excluding carboxylic acids is 1. The lowest BCUT2D eigenvalue weighted by Gasteiger charge is -2.27. The number of hydrazine groups is 1. The molecule has 1 unspecified atom stereocenters. The van der Waals surface area contributed by atoms with Crippen LogP contribution in [0.25, 0.3) is 11.0 Å². The third-order valence-corrected chi connectivity index (χ3v) is 6.51. The van der Waals surface area contributed by atoms with E-state index >= 15 is 0 Å². The second-order valence-corrected chi connectivity index (χ2v) is 10.5. The molecule has 0 saturated carbocycles. The number of hydrogen-bond acceptors (Lipinski definition) is 8. The minimum Gasteiger partial charge on any atom is -0.495 e. The summed E-state index contributed by atoms with van der Waals surface area (Å²) in [5.41, 5.74) is 11.8. The van der Waals surface area contributed by atoms with Crippen LogP contribution < -0.4 is 27.4 Å². The van der Waals surface area contributed by atoms with E-state index in [0.29, 0.717) is 39.2 Å². The molecular weight excluding hydrogens is 581 g/mol. The van der Waals surface area contributed by atoms with Crippen LogP contribution >= 0.6 is 34.8 Å². The zero-order valence-corrected chi connectivity index (χ0v) is 24.4. The fourth-order valence-corrected chi connectivity index (χ4v) is 4.30. The van der Waals surface area contributed by atoms with Crippen molar-refractivity contribution in [2.24, 2.45) is 27.3 Å². The highest BCUT2D eigenvalue weighted by molar-refractivity contribution is 6.40. The molecule has 0 aliphatic carbocycles. The smallest absolute Gasteiger partial charge is 0.254 e. The molecule has 0 radical (unpaired) electrons. The number of benzene rings is 2. The number of imidazole rings is 1. The van der Waals surface area contributed by atoms with Gasteiger partial charge in [-0.05, 0) is 39.0 Å². The van der Waals surface area contributed by atoms with Gasteiger partial charge in [0.1, 0.15) is 24.0 Å². The molecule has 3 aromatic rings. The van der Waals surface area contributed by atoms with Crippen LogP contribution in [0.1, 0.15) is 43.0 Å². The van der Waals surface area contributed by atoms with E-state index in [1.165, 1.54) is 50.6 Å². The van der Waals surface area contributed by atoms with E-state index in [-0.39, 0.29) is 27.9 Å². The normalized spacial score (nSPS) is 13.6. The number of amidine groups is 1. The monoisotopic (exact) mass is 609 g/mol. The van der Waals surface area contributed by atoms with Gasteiger partial charge in [0.15, 0.2) is 0 Å². The highest BCUT2D eigenvalue weighted by Gasteiger charge is 2.25. The summed E-state index contributed by atoms with van der Waals surface area (Å²) in [5.74, 6) is 6.91. The van der Waals surface area contributed by atoms with Crippen molar-refractivity contribution in [3.8, 4) is 5.75 Å². The molecule has 3 rings (SSSR count). The number of hydrogen-bond donors (Lipinski definition) is 6. The summed E-state index contributed by atoms with van der Waals surface area (Å²) in [6.07, 6.45) is 2.61. The number of methoxy groups -OCH3 is 1. The van der Waals surface area contributed by atoms with E-state index < -0.39 is 17.6 Å². The number of nitrogens with two attached hydrogens (primary N) is 3. The van der Waals surface area contributed by atoms with Gasteiger partial charge in [0, 0.05) is 18.8 Å². The Bertz CT molecular complexity index is 1470. The predicted molar refractivity (Wildman–Crippen MR) is 159 cm³/mol. The van der Waals surface area contributed by atoms with Crippen LogP contribution in [0.15, 0.2) is 46.1 Å². The Morgan fingerprint density at radius 3 is 2.45 bits per heavy atom. The average molecular weight is 611 g/mol. The lowest BCUT2D eigenvalue weighted by molar-refractivity contribution is 0.0936. The number of fused-ring (bicyclic) bond motifs is 1. The van der Waals surface area contributed by atoms with Crippen LogP contribution in [0.4, 0.5) is 5.69 Å². The molecule has 15 heteroatoms. The highest BCUT2D eigenvalue weighted by Crippen LogP contribution is 2.32. The fraction of sp³-hybridized carbons (Fsp3) is 0.280. The van der Waals surface area contributed by atoms with Crippen molar-refractivity contribution in [3.63, 3.8) is 0 Å². The van der Waals surface area contributed by atoms with Crippen molar-refractivity contribution < 1.29 is 14.6 Å². The first-order valence-corrected chi connectivity index (χ1v) is 12.9. The molecule has 2 aromatic carbocycles. The zero-order chi connectivity index (χ0) is 29.8. The molecule has 0 saturated heterocycles. The molecule has 0 bridgehead atoms. The molecule has 1 aromatic heterocycles. The number of rotatable bonds is 10. The van der Waals surface area contributed by atoms with E-state index in [4.69, 9.17) is 56.8 Å². The number of amides is 1. The molecule has 0 spiro atoms. The molecule has 0 aliphatic rings. The first kappa shape index (κ1) is 31.0. The maximum atomic E-state index is 13.2. The summed E-state index contributed by atoms with van der Waals surface area (Å²) >= 11 is 19.0. The summed E-state index contributed by atoms with van der Waals surface area (Å²) < 4.78 is 5.27. The molecule has 1 atom stereocenters. The number of carbonyl (C=O) groups is 1. The summed E-state index contributed by atoms with van der Waals surface area (Å²) in [7, 11) is 1.49. The Kier molecular flexibility index (Phi) is 9.87. The Balaban J connectivity index is 1.93. The largest absolute Gasteiger partial charge is 0.495 e. The summed E-state index contributed by atoms with van der Waals surface area (Å²) in [6.45, 7) is 4.58. The molecule has 9 N–H and O–H groups in total. The number of nitrogens with one attached hydrogen (secondary N) is 2. The van der Waals surface area contributed by atoms with E-state index in [9.17, 15) is 9.90 Å². The predicted octanol–water partition coefficient (Wildman–Crippen LogP) is 3.79. The maximum Gasteiger partial charge on any atom is 0.254 e. The van der Waals surface area contributed by atoms with Crippen molar-refractivity contribution in [3.05, 3.63) is 62.6 Å². The number of H-pyrrole nitrogens is 1. The lowest BCUT2D eigenvalue weighted by Crippen LogP contribution is -2.41. The van der Waals surface area contributed by atoms with Crippen LogP contribution in [0.5, 0.6) is 5.75 Å². The van der Waals surface area contributed by atoms with Gasteiger partial charge in [-0.2, -0.15) is 0 Å². The average Bonchev–Trinajstić information content (AvgIpc) is 3.24. The number of halogens is 3. The van der Waals surface area contributed by atoms with E-state index in [0.717, 1.165) is 0 Å². The number of aromatic amines is 1. The van der Waals surface area contributed by atoms with Gasteiger partial charge in [0.2, 0.25) is 0 Å². The second-order valence-electron chi connectivity index (χ2n) is 9.24. The van der Waals surface area contributed by atoms with E-state index in [1.54, 1.807) is 19.1 Å². The minimum absolute atomic E-state index is 0.0378. The van der Waals surface area contributed by atoms with Gasteiger partial charge in [-0.1, -0.05) is 34.8 Å². The lowest BCUT2D eigenvalue weighted by atomic mass is 10.1. The van der Waals surface area contributed by atoms with Gasteiger partial charge >= 0.3 is 0 Å². The standard InChI is InChI=1S/C25H30Cl3N9O3/c1-12(29)33-11-34-13-5-15(27)22(16(28)6-13)24(38)32-9-19(37(31)10-21(30)25(2,3)39)23-35-17-7-14(26)20(40-4)8-18(17)36-23/h5-8,10-11,19,39H,9,30-31H2,1-4H3,(H,32,38)(H,35,36)(H2,29,33,34)/b21-10-. The van der Waals surface area contributed by atoms with Gasteiger partial charge in [0.05, 0.1) is 61.6 Å². The Morgan fingerprint density at radius 2 is 1.88 bits per heavy atom. The highest BCUT2D eigenvalue weighted by atomic mass is 35.5. The Labute approximate surface area is 245 Å². The summed E-state index contributed by atoms with van der Waals surface area (Å²) in [4.78, 5) is 28.9. The molecule has 214 valence electrons. The fourth-order valence-electron chi connectivity index (χ4n) is 3.41. The van der Waals surface area contributed by atoms with Crippen molar-refractivity contribution in [2.75, 3.05) is 13.7 Å². The topological polar surface area (TPSA) is 193 Å².